The summed E-state index contributed by atoms with van der Waals surface area (Å²) in [5.41, 5.74) is 5.11. The number of aliphatic hydroxyl groups excluding tert-OH is 1. The van der Waals surface area contributed by atoms with Crippen LogP contribution in [0.25, 0.3) is 28.2 Å². The molecule has 1 atom stereocenters. The highest BCUT2D eigenvalue weighted by Crippen LogP contribution is 2.25. The minimum atomic E-state index is -0.526. The second-order valence-corrected chi connectivity index (χ2v) is 8.44. The van der Waals surface area contributed by atoms with Crippen molar-refractivity contribution in [1.82, 2.24) is 29.5 Å². The Morgan fingerprint density at radius 2 is 2.03 bits per heavy atom. The number of carbonyl (C=O) groups is 1. The molecular formula is C25H25N7O3. The fourth-order valence-electron chi connectivity index (χ4n) is 3.77. The number of aliphatic hydroxyl groups is 1. The average molecular weight is 472 g/mol. The van der Waals surface area contributed by atoms with Crippen LogP contribution in [0.15, 0.2) is 59.5 Å². The van der Waals surface area contributed by atoms with Crippen LogP contribution in [-0.4, -0.2) is 46.7 Å². The lowest BCUT2D eigenvalue weighted by atomic mass is 10.1. The van der Waals surface area contributed by atoms with E-state index in [1.807, 2.05) is 69.7 Å². The minimum absolute atomic E-state index is 0.272. The van der Waals surface area contributed by atoms with Crippen molar-refractivity contribution in [3.63, 3.8) is 0 Å². The smallest absolute Gasteiger partial charge is 0.259 e. The molecule has 35 heavy (non-hydrogen) atoms. The van der Waals surface area contributed by atoms with E-state index in [2.05, 4.69) is 25.7 Å². The summed E-state index contributed by atoms with van der Waals surface area (Å²) in [4.78, 5) is 17.5. The molecule has 0 bridgehead atoms. The number of nitrogens with zero attached hydrogens (tertiary/aromatic N) is 6. The molecule has 0 aliphatic rings. The Hall–Kier alpha value is -4.31. The predicted octanol–water partition coefficient (Wildman–Crippen LogP) is 3.66. The molecule has 0 saturated carbocycles. The van der Waals surface area contributed by atoms with Crippen molar-refractivity contribution in [1.29, 1.82) is 0 Å². The fraction of sp³-hybridized carbons (Fsp3) is 0.240. The van der Waals surface area contributed by atoms with Crippen LogP contribution in [0.3, 0.4) is 0 Å². The molecule has 0 fully saturated rings. The van der Waals surface area contributed by atoms with Crippen molar-refractivity contribution in [3.05, 3.63) is 72.0 Å². The van der Waals surface area contributed by atoms with Crippen molar-refractivity contribution in [2.75, 3.05) is 5.32 Å². The summed E-state index contributed by atoms with van der Waals surface area (Å²) in [6.45, 7) is 3.80. The zero-order chi connectivity index (χ0) is 24.5. The lowest BCUT2D eigenvalue weighted by Crippen LogP contribution is -2.12. The molecule has 0 aliphatic carbocycles. The van der Waals surface area contributed by atoms with E-state index in [1.54, 1.807) is 15.4 Å². The highest BCUT2D eigenvalue weighted by atomic mass is 16.5. The number of fused-ring (bicyclic) bond motifs is 1. The van der Waals surface area contributed by atoms with Gasteiger partial charge in [0.25, 0.3) is 5.91 Å². The molecule has 0 radical (unpaired) electrons. The standard InChI is InChI=1S/C25H25N7O3/c1-4-18(33)12-23-28-24(30-35-23)16-6-5-15(2)21(11-16)27-25(34)19-13-26-32-14-17(7-8-22(19)32)20-9-10-31(3)29-20/h5-11,13-14,18,33H,4,12H2,1-3H3,(H,27,34)/t18-/m1/s1. The number of hydrogen-bond donors (Lipinski definition) is 2. The van der Waals surface area contributed by atoms with Gasteiger partial charge in [-0.05, 0) is 43.2 Å². The van der Waals surface area contributed by atoms with Gasteiger partial charge in [-0.3, -0.25) is 9.48 Å². The molecule has 0 saturated heterocycles. The number of anilines is 1. The van der Waals surface area contributed by atoms with Gasteiger partial charge in [0.05, 0.1) is 35.5 Å². The number of amides is 1. The number of carbonyl (C=O) groups excluding carboxylic acids is 1. The molecule has 178 valence electrons. The number of hydrogen-bond acceptors (Lipinski definition) is 7. The summed E-state index contributed by atoms with van der Waals surface area (Å²) in [5, 5.41) is 25.6. The number of aryl methyl sites for hydroxylation is 2. The first-order valence-electron chi connectivity index (χ1n) is 11.3. The first kappa shape index (κ1) is 22.5. The Balaban J connectivity index is 1.38. The van der Waals surface area contributed by atoms with Crippen LogP contribution < -0.4 is 5.32 Å². The van der Waals surface area contributed by atoms with Gasteiger partial charge in [-0.1, -0.05) is 24.2 Å². The van der Waals surface area contributed by atoms with Crippen LogP contribution in [0, 0.1) is 6.92 Å². The zero-order valence-electron chi connectivity index (χ0n) is 19.6. The Morgan fingerprint density at radius 1 is 1.20 bits per heavy atom. The van der Waals surface area contributed by atoms with Crippen molar-refractivity contribution in [3.8, 4) is 22.6 Å². The Kier molecular flexibility index (Phi) is 5.87. The van der Waals surface area contributed by atoms with Crippen LogP contribution in [0.1, 0.15) is 35.2 Å². The number of nitrogens with one attached hydrogen (secondary N) is 1. The van der Waals surface area contributed by atoms with Crippen molar-refractivity contribution >= 4 is 17.1 Å². The van der Waals surface area contributed by atoms with E-state index in [9.17, 15) is 9.90 Å². The van der Waals surface area contributed by atoms with Crippen molar-refractivity contribution < 1.29 is 14.4 Å². The van der Waals surface area contributed by atoms with Gasteiger partial charge in [0.1, 0.15) is 0 Å². The van der Waals surface area contributed by atoms with E-state index in [1.165, 1.54) is 0 Å². The molecule has 0 spiro atoms. The summed E-state index contributed by atoms with van der Waals surface area (Å²) < 4.78 is 8.68. The van der Waals surface area contributed by atoms with Gasteiger partial charge in [0.15, 0.2) is 0 Å². The van der Waals surface area contributed by atoms with E-state index in [0.717, 1.165) is 16.8 Å². The average Bonchev–Trinajstić information content (AvgIpc) is 3.59. The number of benzene rings is 1. The van der Waals surface area contributed by atoms with Gasteiger partial charge < -0.3 is 14.9 Å². The zero-order valence-corrected chi connectivity index (χ0v) is 19.6. The van der Waals surface area contributed by atoms with Crippen LogP contribution >= 0.6 is 0 Å². The fourth-order valence-corrected chi connectivity index (χ4v) is 3.77. The van der Waals surface area contributed by atoms with Crippen LogP contribution in [-0.2, 0) is 13.5 Å². The predicted molar refractivity (Wildman–Crippen MR) is 130 cm³/mol. The monoisotopic (exact) mass is 471 g/mol. The normalized spacial score (nSPS) is 12.2. The summed E-state index contributed by atoms with van der Waals surface area (Å²) in [6, 6.07) is 11.3. The minimum Gasteiger partial charge on any atom is -0.393 e. The maximum atomic E-state index is 13.1. The van der Waals surface area contributed by atoms with Crippen LogP contribution in [0.2, 0.25) is 0 Å². The molecule has 0 unspecified atom stereocenters. The third kappa shape index (κ3) is 4.56. The number of pyridine rings is 1. The highest BCUT2D eigenvalue weighted by Gasteiger charge is 2.17. The Bertz CT molecular complexity index is 1510. The third-order valence-electron chi connectivity index (χ3n) is 5.86. The number of aromatic nitrogens is 6. The summed E-state index contributed by atoms with van der Waals surface area (Å²) in [7, 11) is 1.86. The summed E-state index contributed by atoms with van der Waals surface area (Å²) in [6.07, 6.45) is 5.66. The topological polar surface area (TPSA) is 123 Å². The van der Waals surface area contributed by atoms with E-state index >= 15 is 0 Å². The summed E-state index contributed by atoms with van der Waals surface area (Å²) in [5.74, 6) is 0.500. The van der Waals surface area contributed by atoms with Gasteiger partial charge in [-0.15, -0.1) is 0 Å². The number of rotatable bonds is 7. The maximum absolute atomic E-state index is 13.1. The molecule has 1 aromatic carbocycles. The van der Waals surface area contributed by atoms with Crippen molar-refractivity contribution in [2.45, 2.75) is 32.8 Å². The van der Waals surface area contributed by atoms with Gasteiger partial charge in [0.2, 0.25) is 11.7 Å². The van der Waals surface area contributed by atoms with Gasteiger partial charge in [-0.25, -0.2) is 4.52 Å². The second kappa shape index (κ2) is 9.15. The molecular weight excluding hydrogens is 446 g/mol. The molecule has 2 N–H and O–H groups in total. The Morgan fingerprint density at radius 3 is 2.80 bits per heavy atom. The highest BCUT2D eigenvalue weighted by molar-refractivity contribution is 6.09. The quantitative estimate of drug-likeness (QED) is 0.371. The van der Waals surface area contributed by atoms with Gasteiger partial charge in [0, 0.05) is 36.3 Å². The molecule has 5 rings (SSSR count). The summed E-state index contributed by atoms with van der Waals surface area (Å²) >= 11 is 0. The van der Waals surface area contributed by atoms with E-state index in [4.69, 9.17) is 4.52 Å². The molecule has 1 amide bonds. The maximum Gasteiger partial charge on any atom is 0.259 e. The van der Waals surface area contributed by atoms with E-state index in [0.29, 0.717) is 46.9 Å². The Labute approximate surface area is 201 Å². The van der Waals surface area contributed by atoms with Crippen molar-refractivity contribution in [2.24, 2.45) is 7.05 Å². The van der Waals surface area contributed by atoms with E-state index in [-0.39, 0.29) is 5.91 Å². The molecule has 10 heteroatoms. The lowest BCUT2D eigenvalue weighted by Gasteiger charge is -2.09. The molecule has 5 aromatic rings. The van der Waals surface area contributed by atoms with Gasteiger partial charge >= 0.3 is 0 Å². The third-order valence-corrected chi connectivity index (χ3v) is 5.86. The van der Waals surface area contributed by atoms with E-state index < -0.39 is 6.10 Å². The first-order chi connectivity index (χ1) is 16.9. The second-order valence-electron chi connectivity index (χ2n) is 8.44. The SMILES string of the molecule is CC[C@@H](O)Cc1nc(-c2ccc(C)c(NC(=O)c3cnn4cc(-c5ccn(C)n5)ccc34)c2)no1. The van der Waals surface area contributed by atoms with Crippen LogP contribution in [0.4, 0.5) is 5.69 Å². The molecule has 0 aliphatic heterocycles. The first-order valence-corrected chi connectivity index (χ1v) is 11.3. The van der Waals surface area contributed by atoms with Gasteiger partial charge in [-0.2, -0.15) is 15.2 Å². The van der Waals surface area contributed by atoms with Crippen LogP contribution in [0.5, 0.6) is 0 Å². The largest absolute Gasteiger partial charge is 0.393 e. The molecule has 10 nitrogen and oxygen atoms in total. The molecule has 4 heterocycles. The lowest BCUT2D eigenvalue weighted by molar-refractivity contribution is 0.102. The molecule has 4 aromatic heterocycles.